The molecule has 0 amide bonds. The van der Waals surface area contributed by atoms with Gasteiger partial charge in [-0.05, 0) is 25.2 Å². The molecule has 2 unspecified atom stereocenters. The first kappa shape index (κ1) is 11.0. The Morgan fingerprint density at radius 1 is 1.38 bits per heavy atom. The second-order valence-corrected chi connectivity index (χ2v) is 4.70. The van der Waals surface area contributed by atoms with Crippen LogP contribution in [0.2, 0.25) is 0 Å². The molecule has 1 saturated carbocycles. The summed E-state index contributed by atoms with van der Waals surface area (Å²) in [6.45, 7) is 4.44. The van der Waals surface area contributed by atoms with E-state index >= 15 is 0 Å². The second kappa shape index (κ2) is 4.99. The van der Waals surface area contributed by atoms with Crippen LogP contribution >= 0.6 is 0 Å². The van der Waals surface area contributed by atoms with Crippen LogP contribution in [0.15, 0.2) is 0 Å². The minimum atomic E-state index is -0.297. The van der Waals surface area contributed by atoms with Gasteiger partial charge in [0.15, 0.2) is 0 Å². The number of unbranched alkanes of at least 4 members (excludes halogenated alkanes) is 1. The lowest BCUT2D eigenvalue weighted by atomic mass is 9.75. The fourth-order valence-electron chi connectivity index (χ4n) is 2.54. The Hall–Kier alpha value is -0.0400. The van der Waals surface area contributed by atoms with Crippen molar-refractivity contribution in [3.8, 4) is 0 Å². The highest BCUT2D eigenvalue weighted by molar-refractivity contribution is 4.85. The first-order valence-electron chi connectivity index (χ1n) is 5.92. The zero-order valence-corrected chi connectivity index (χ0v) is 9.18. The molecular weight excluding hydrogens is 160 g/mol. The summed E-state index contributed by atoms with van der Waals surface area (Å²) in [5, 5.41) is 10.3. The molecule has 2 atom stereocenters. The van der Waals surface area contributed by atoms with Crippen LogP contribution in [-0.2, 0) is 0 Å². The monoisotopic (exact) mass is 184 g/mol. The smallest absolute Gasteiger partial charge is 0.0650 e. The normalized spacial score (nSPS) is 34.8. The third-order valence-electron chi connectivity index (χ3n) is 3.50. The van der Waals surface area contributed by atoms with E-state index in [4.69, 9.17) is 0 Å². The Bertz CT molecular complexity index is 144. The topological polar surface area (TPSA) is 20.2 Å². The Morgan fingerprint density at radius 2 is 2.15 bits per heavy atom. The summed E-state index contributed by atoms with van der Waals surface area (Å²) in [6, 6.07) is 0. The lowest BCUT2D eigenvalue weighted by Gasteiger charge is -2.36. The molecule has 1 heteroatoms. The van der Waals surface area contributed by atoms with Gasteiger partial charge in [-0.25, -0.2) is 0 Å². The highest BCUT2D eigenvalue weighted by Crippen LogP contribution is 2.37. The zero-order chi connectivity index (χ0) is 9.73. The third kappa shape index (κ3) is 3.30. The van der Waals surface area contributed by atoms with E-state index < -0.39 is 0 Å². The largest absolute Gasteiger partial charge is 0.390 e. The van der Waals surface area contributed by atoms with Crippen molar-refractivity contribution < 1.29 is 5.11 Å². The van der Waals surface area contributed by atoms with Gasteiger partial charge in [0, 0.05) is 0 Å². The first-order chi connectivity index (χ1) is 6.20. The quantitative estimate of drug-likeness (QED) is 0.709. The van der Waals surface area contributed by atoms with E-state index in [2.05, 4.69) is 13.8 Å². The SMILES string of the molecule is CCCCC1(O)CCCC(CC)C1. The number of hydrogen-bond donors (Lipinski definition) is 1. The van der Waals surface area contributed by atoms with Gasteiger partial charge in [-0.1, -0.05) is 46.0 Å². The molecule has 0 spiro atoms. The van der Waals surface area contributed by atoms with E-state index in [-0.39, 0.29) is 5.60 Å². The summed E-state index contributed by atoms with van der Waals surface area (Å²) in [7, 11) is 0. The third-order valence-corrected chi connectivity index (χ3v) is 3.50. The van der Waals surface area contributed by atoms with Crippen LogP contribution in [0.5, 0.6) is 0 Å². The summed E-state index contributed by atoms with van der Waals surface area (Å²) in [5.74, 6) is 0.788. The van der Waals surface area contributed by atoms with Gasteiger partial charge in [-0.2, -0.15) is 0 Å². The number of aliphatic hydroxyl groups is 1. The molecular formula is C12H24O. The molecule has 1 aliphatic rings. The van der Waals surface area contributed by atoms with Crippen LogP contribution in [0.25, 0.3) is 0 Å². The maximum absolute atomic E-state index is 10.3. The van der Waals surface area contributed by atoms with Gasteiger partial charge in [0.1, 0.15) is 0 Å². The molecule has 0 heterocycles. The Balaban J connectivity index is 2.37. The molecule has 1 N–H and O–H groups in total. The van der Waals surface area contributed by atoms with Crippen LogP contribution in [-0.4, -0.2) is 10.7 Å². The van der Waals surface area contributed by atoms with Crippen molar-refractivity contribution in [2.45, 2.75) is 70.8 Å². The summed E-state index contributed by atoms with van der Waals surface area (Å²) in [6.07, 6.45) is 9.34. The number of hydrogen-bond acceptors (Lipinski definition) is 1. The summed E-state index contributed by atoms with van der Waals surface area (Å²) in [5.41, 5.74) is -0.297. The highest BCUT2D eigenvalue weighted by Gasteiger charge is 2.32. The van der Waals surface area contributed by atoms with Crippen molar-refractivity contribution in [2.75, 3.05) is 0 Å². The standard InChI is InChI=1S/C12H24O/c1-3-5-8-12(13)9-6-7-11(4-2)10-12/h11,13H,3-10H2,1-2H3. The maximum atomic E-state index is 10.3. The van der Waals surface area contributed by atoms with Crippen LogP contribution < -0.4 is 0 Å². The van der Waals surface area contributed by atoms with Gasteiger partial charge < -0.3 is 5.11 Å². The van der Waals surface area contributed by atoms with E-state index in [0.717, 1.165) is 25.2 Å². The van der Waals surface area contributed by atoms with E-state index in [1.165, 1.54) is 32.1 Å². The Kier molecular flexibility index (Phi) is 4.24. The lowest BCUT2D eigenvalue weighted by molar-refractivity contribution is -0.0252. The molecule has 1 rings (SSSR count). The lowest BCUT2D eigenvalue weighted by Crippen LogP contribution is -2.34. The predicted molar refractivity (Wildman–Crippen MR) is 56.7 cm³/mol. The molecule has 0 aromatic carbocycles. The van der Waals surface area contributed by atoms with E-state index in [9.17, 15) is 5.11 Å². The van der Waals surface area contributed by atoms with Crippen LogP contribution in [0.3, 0.4) is 0 Å². The number of rotatable bonds is 4. The van der Waals surface area contributed by atoms with Gasteiger partial charge in [0.2, 0.25) is 0 Å². The Morgan fingerprint density at radius 3 is 2.77 bits per heavy atom. The van der Waals surface area contributed by atoms with Crippen molar-refractivity contribution >= 4 is 0 Å². The predicted octanol–water partition coefficient (Wildman–Crippen LogP) is 3.51. The van der Waals surface area contributed by atoms with Crippen molar-refractivity contribution in [3.63, 3.8) is 0 Å². The van der Waals surface area contributed by atoms with Crippen LogP contribution in [0, 0.1) is 5.92 Å². The summed E-state index contributed by atoms with van der Waals surface area (Å²) >= 11 is 0. The molecule has 0 radical (unpaired) electrons. The first-order valence-corrected chi connectivity index (χ1v) is 5.92. The molecule has 1 aliphatic carbocycles. The average molecular weight is 184 g/mol. The van der Waals surface area contributed by atoms with Crippen molar-refractivity contribution in [3.05, 3.63) is 0 Å². The minimum absolute atomic E-state index is 0.297. The van der Waals surface area contributed by atoms with E-state index in [0.29, 0.717) is 0 Å². The summed E-state index contributed by atoms with van der Waals surface area (Å²) < 4.78 is 0. The minimum Gasteiger partial charge on any atom is -0.390 e. The van der Waals surface area contributed by atoms with Gasteiger partial charge in [-0.15, -0.1) is 0 Å². The summed E-state index contributed by atoms with van der Waals surface area (Å²) in [4.78, 5) is 0. The van der Waals surface area contributed by atoms with Crippen molar-refractivity contribution in [2.24, 2.45) is 5.92 Å². The van der Waals surface area contributed by atoms with Gasteiger partial charge in [-0.3, -0.25) is 0 Å². The van der Waals surface area contributed by atoms with E-state index in [1.807, 2.05) is 0 Å². The zero-order valence-electron chi connectivity index (χ0n) is 9.18. The highest BCUT2D eigenvalue weighted by atomic mass is 16.3. The molecule has 1 nitrogen and oxygen atoms in total. The van der Waals surface area contributed by atoms with Gasteiger partial charge in [0.05, 0.1) is 5.60 Å². The Labute approximate surface area is 82.5 Å². The average Bonchev–Trinajstić information content (AvgIpc) is 2.15. The molecule has 13 heavy (non-hydrogen) atoms. The molecule has 0 aromatic rings. The maximum Gasteiger partial charge on any atom is 0.0650 e. The molecule has 1 fully saturated rings. The fraction of sp³-hybridized carbons (Fsp3) is 1.00. The molecule has 0 aliphatic heterocycles. The second-order valence-electron chi connectivity index (χ2n) is 4.70. The molecule has 78 valence electrons. The fourth-order valence-corrected chi connectivity index (χ4v) is 2.54. The molecule has 0 saturated heterocycles. The van der Waals surface area contributed by atoms with Crippen molar-refractivity contribution in [1.82, 2.24) is 0 Å². The van der Waals surface area contributed by atoms with Crippen LogP contribution in [0.4, 0.5) is 0 Å². The van der Waals surface area contributed by atoms with Crippen LogP contribution in [0.1, 0.15) is 65.2 Å². The van der Waals surface area contributed by atoms with Crippen molar-refractivity contribution in [1.29, 1.82) is 0 Å². The van der Waals surface area contributed by atoms with Gasteiger partial charge in [0.25, 0.3) is 0 Å². The molecule has 0 aromatic heterocycles. The molecule has 0 bridgehead atoms. The van der Waals surface area contributed by atoms with Gasteiger partial charge >= 0.3 is 0 Å². The van der Waals surface area contributed by atoms with E-state index in [1.54, 1.807) is 0 Å².